The largest absolute Gasteiger partial charge is 0.508 e. The van der Waals surface area contributed by atoms with Crippen molar-refractivity contribution in [2.45, 2.75) is 40.0 Å². The van der Waals surface area contributed by atoms with E-state index in [9.17, 15) is 10.2 Å². The van der Waals surface area contributed by atoms with Gasteiger partial charge in [0.2, 0.25) is 0 Å². The zero-order chi connectivity index (χ0) is 14.7. The van der Waals surface area contributed by atoms with E-state index in [1.54, 1.807) is 12.1 Å². The molecule has 0 aliphatic rings. The normalized spacial score (nSPS) is 10.8. The maximum absolute atomic E-state index is 10.1. The molecule has 0 aliphatic heterocycles. The lowest BCUT2D eigenvalue weighted by Gasteiger charge is -2.17. The summed E-state index contributed by atoms with van der Waals surface area (Å²) in [4.78, 5) is 0. The van der Waals surface area contributed by atoms with Crippen LogP contribution in [-0.2, 0) is 19.3 Å². The van der Waals surface area contributed by atoms with E-state index in [0.29, 0.717) is 0 Å². The van der Waals surface area contributed by atoms with Gasteiger partial charge in [0.1, 0.15) is 11.5 Å². The van der Waals surface area contributed by atoms with Crippen molar-refractivity contribution in [2.24, 2.45) is 0 Å². The molecule has 0 atom stereocenters. The van der Waals surface area contributed by atoms with Crippen molar-refractivity contribution in [3.63, 3.8) is 0 Å². The highest BCUT2D eigenvalue weighted by molar-refractivity contribution is 5.75. The molecule has 2 aromatic carbocycles. The van der Waals surface area contributed by atoms with Crippen molar-refractivity contribution in [3.05, 3.63) is 47.0 Å². The fraction of sp³-hybridized carbons (Fsp3) is 0.333. The molecule has 2 N–H and O–H groups in total. The van der Waals surface area contributed by atoms with Crippen LogP contribution in [0.3, 0.4) is 0 Å². The second kappa shape index (κ2) is 6.00. The molecular formula is C18H22O2. The van der Waals surface area contributed by atoms with Crippen molar-refractivity contribution >= 4 is 0 Å². The second-order valence-electron chi connectivity index (χ2n) is 4.99. The highest BCUT2D eigenvalue weighted by Gasteiger charge is 2.14. The van der Waals surface area contributed by atoms with E-state index in [4.69, 9.17) is 0 Å². The predicted molar refractivity (Wildman–Crippen MR) is 83.3 cm³/mol. The number of aryl methyl sites for hydroxylation is 1. The Labute approximate surface area is 120 Å². The van der Waals surface area contributed by atoms with Gasteiger partial charge in [-0.05, 0) is 53.6 Å². The minimum absolute atomic E-state index is 0.0881. The molecule has 0 fully saturated rings. The molecule has 0 saturated heterocycles. The Hall–Kier alpha value is -1.96. The number of benzene rings is 2. The van der Waals surface area contributed by atoms with E-state index in [1.807, 2.05) is 0 Å². The Kier molecular flexibility index (Phi) is 4.33. The maximum Gasteiger partial charge on any atom is 0.127 e. The zero-order valence-electron chi connectivity index (χ0n) is 12.4. The third-order valence-electron chi connectivity index (χ3n) is 3.89. The van der Waals surface area contributed by atoms with Gasteiger partial charge in [-0.1, -0.05) is 32.9 Å². The average molecular weight is 270 g/mol. The number of hydrogen-bond acceptors (Lipinski definition) is 2. The molecule has 2 nitrogen and oxygen atoms in total. The molecule has 0 radical (unpaired) electrons. The summed E-state index contributed by atoms with van der Waals surface area (Å²) < 4.78 is 0. The highest BCUT2D eigenvalue weighted by Crippen LogP contribution is 2.36. The molecule has 2 rings (SSSR count). The summed E-state index contributed by atoms with van der Waals surface area (Å²) in [5.41, 5.74) is 5.93. The lowest BCUT2D eigenvalue weighted by molar-refractivity contribution is 0.452. The first kappa shape index (κ1) is 14.4. The first-order chi connectivity index (χ1) is 9.62. The quantitative estimate of drug-likeness (QED) is 0.861. The van der Waals surface area contributed by atoms with E-state index in [2.05, 4.69) is 32.9 Å². The van der Waals surface area contributed by atoms with Crippen LogP contribution in [-0.4, -0.2) is 10.2 Å². The zero-order valence-corrected chi connectivity index (χ0v) is 12.4. The highest BCUT2D eigenvalue weighted by atomic mass is 16.3. The molecular weight excluding hydrogens is 248 g/mol. The van der Waals surface area contributed by atoms with Crippen LogP contribution in [0.5, 0.6) is 11.5 Å². The van der Waals surface area contributed by atoms with Crippen LogP contribution in [0, 0.1) is 0 Å². The topological polar surface area (TPSA) is 40.5 Å². The van der Waals surface area contributed by atoms with Crippen molar-refractivity contribution in [1.29, 1.82) is 0 Å². The average Bonchev–Trinajstić information content (AvgIpc) is 2.45. The lowest BCUT2D eigenvalue weighted by Crippen LogP contribution is -2.00. The van der Waals surface area contributed by atoms with Gasteiger partial charge in [0.05, 0.1) is 0 Å². The van der Waals surface area contributed by atoms with Crippen LogP contribution in [0.15, 0.2) is 30.3 Å². The number of hydrogen-bond donors (Lipinski definition) is 2. The number of phenols is 2. The Bertz CT molecular complexity index is 615. The summed E-state index contributed by atoms with van der Waals surface area (Å²) in [7, 11) is 0. The van der Waals surface area contributed by atoms with Gasteiger partial charge in [0.15, 0.2) is 0 Å². The molecule has 2 heteroatoms. The molecule has 0 saturated carbocycles. The van der Waals surface area contributed by atoms with Crippen molar-refractivity contribution < 1.29 is 10.2 Å². The minimum atomic E-state index is 0.0881. The van der Waals surface area contributed by atoms with Gasteiger partial charge in [0.25, 0.3) is 0 Å². The lowest BCUT2D eigenvalue weighted by atomic mass is 9.88. The van der Waals surface area contributed by atoms with E-state index < -0.39 is 0 Å². The second-order valence-corrected chi connectivity index (χ2v) is 4.99. The van der Waals surface area contributed by atoms with Crippen molar-refractivity contribution in [3.8, 4) is 22.6 Å². The van der Waals surface area contributed by atoms with Crippen LogP contribution >= 0.6 is 0 Å². The summed E-state index contributed by atoms with van der Waals surface area (Å²) in [5, 5.41) is 19.5. The molecule has 0 aliphatic carbocycles. The smallest absolute Gasteiger partial charge is 0.127 e. The van der Waals surface area contributed by atoms with Crippen LogP contribution in [0.4, 0.5) is 0 Å². The Morgan fingerprint density at radius 3 is 1.95 bits per heavy atom. The molecule has 0 spiro atoms. The van der Waals surface area contributed by atoms with Crippen LogP contribution in [0.2, 0.25) is 0 Å². The molecule has 20 heavy (non-hydrogen) atoms. The number of phenolic OH excluding ortho intramolecular Hbond substituents is 2. The first-order valence-corrected chi connectivity index (χ1v) is 7.28. The van der Waals surface area contributed by atoms with Gasteiger partial charge in [-0.15, -0.1) is 0 Å². The van der Waals surface area contributed by atoms with Gasteiger partial charge in [-0.3, -0.25) is 0 Å². The fourth-order valence-electron chi connectivity index (χ4n) is 2.92. The van der Waals surface area contributed by atoms with E-state index in [1.165, 1.54) is 22.8 Å². The monoisotopic (exact) mass is 270 g/mol. The van der Waals surface area contributed by atoms with Crippen LogP contribution in [0.1, 0.15) is 37.5 Å². The molecule has 0 bridgehead atoms. The van der Waals surface area contributed by atoms with Crippen LogP contribution < -0.4 is 0 Å². The Balaban J connectivity index is 2.68. The third kappa shape index (κ3) is 2.51. The first-order valence-electron chi connectivity index (χ1n) is 7.28. The Morgan fingerprint density at radius 2 is 1.40 bits per heavy atom. The minimum Gasteiger partial charge on any atom is -0.508 e. The summed E-state index contributed by atoms with van der Waals surface area (Å²) in [6, 6.07) is 9.04. The molecule has 0 unspecified atom stereocenters. The number of aromatic hydroxyl groups is 2. The summed E-state index contributed by atoms with van der Waals surface area (Å²) in [5.74, 6) is 0.219. The summed E-state index contributed by atoms with van der Waals surface area (Å²) in [6.07, 6.45) is 2.96. The van der Waals surface area contributed by atoms with E-state index >= 15 is 0 Å². The van der Waals surface area contributed by atoms with E-state index in [0.717, 1.165) is 30.4 Å². The molecule has 106 valence electrons. The van der Waals surface area contributed by atoms with Gasteiger partial charge in [-0.2, -0.15) is 0 Å². The van der Waals surface area contributed by atoms with Gasteiger partial charge in [0, 0.05) is 11.6 Å². The van der Waals surface area contributed by atoms with Gasteiger partial charge < -0.3 is 10.2 Å². The van der Waals surface area contributed by atoms with E-state index in [-0.39, 0.29) is 11.5 Å². The summed E-state index contributed by atoms with van der Waals surface area (Å²) >= 11 is 0. The molecule has 2 aromatic rings. The van der Waals surface area contributed by atoms with Crippen molar-refractivity contribution in [1.82, 2.24) is 0 Å². The molecule has 0 aromatic heterocycles. The Morgan fingerprint density at radius 1 is 0.750 bits per heavy atom. The van der Waals surface area contributed by atoms with Crippen molar-refractivity contribution in [2.75, 3.05) is 0 Å². The number of rotatable bonds is 4. The predicted octanol–water partition coefficient (Wildman–Crippen LogP) is 4.45. The van der Waals surface area contributed by atoms with Gasteiger partial charge >= 0.3 is 0 Å². The molecule has 0 heterocycles. The SMILES string of the molecule is CCc1ccc(-c2ccc(O)cc2O)c(CC)c1CC. The maximum atomic E-state index is 10.1. The molecule has 0 amide bonds. The third-order valence-corrected chi connectivity index (χ3v) is 3.89. The standard InChI is InChI=1S/C18H22O2/c1-4-12-7-9-16(15(6-3)14(12)5-2)17-10-8-13(19)11-18(17)20/h7-11,19-20H,4-6H2,1-3H3. The van der Waals surface area contributed by atoms with Crippen LogP contribution in [0.25, 0.3) is 11.1 Å². The fourth-order valence-corrected chi connectivity index (χ4v) is 2.92. The summed E-state index contributed by atoms with van der Waals surface area (Å²) in [6.45, 7) is 6.49. The van der Waals surface area contributed by atoms with Gasteiger partial charge in [-0.25, -0.2) is 0 Å².